The molecule has 1 atom stereocenters. The first-order valence-corrected chi connectivity index (χ1v) is 6.21. The molecule has 0 aromatic heterocycles. The molecule has 2 rings (SSSR count). The van der Waals surface area contributed by atoms with E-state index >= 15 is 0 Å². The number of carbonyl (C=O) groups is 1. The largest absolute Gasteiger partial charge is 0.297 e. The topological polar surface area (TPSA) is 40.9 Å². The van der Waals surface area contributed by atoms with Crippen LogP contribution in [0.2, 0.25) is 0 Å². The number of ketones is 1. The molecule has 0 radical (unpaired) electrons. The van der Waals surface area contributed by atoms with Gasteiger partial charge in [0.15, 0.2) is 17.4 Å². The van der Waals surface area contributed by atoms with Crippen molar-refractivity contribution in [1.82, 2.24) is 0 Å². The second-order valence-corrected chi connectivity index (χ2v) is 5.80. The maximum atomic E-state index is 13.7. The van der Waals surface area contributed by atoms with Gasteiger partial charge in [0, 0.05) is 11.8 Å². The number of hydrogen-bond donors (Lipinski definition) is 0. The van der Waals surface area contributed by atoms with Crippen molar-refractivity contribution in [3.8, 4) is 6.07 Å². The zero-order valence-corrected chi connectivity index (χ0v) is 11.0. The summed E-state index contributed by atoms with van der Waals surface area (Å²) >= 11 is 0. The molecule has 0 saturated heterocycles. The van der Waals surface area contributed by atoms with Gasteiger partial charge >= 0.3 is 0 Å². The Hall–Kier alpha value is -1.76. The van der Waals surface area contributed by atoms with Gasteiger partial charge in [-0.25, -0.2) is 8.78 Å². The van der Waals surface area contributed by atoms with Crippen molar-refractivity contribution in [2.75, 3.05) is 0 Å². The van der Waals surface area contributed by atoms with E-state index in [1.807, 2.05) is 6.07 Å². The lowest BCUT2D eigenvalue weighted by molar-refractivity contribution is -0.130. The van der Waals surface area contributed by atoms with E-state index in [0.717, 1.165) is 6.07 Å². The Balaban J connectivity index is 2.39. The number of benzene rings is 1. The van der Waals surface area contributed by atoms with E-state index in [-0.39, 0.29) is 17.8 Å². The fourth-order valence-electron chi connectivity index (χ4n) is 2.73. The molecule has 2 nitrogen and oxygen atoms in total. The lowest BCUT2D eigenvalue weighted by Gasteiger charge is -2.22. The highest BCUT2D eigenvalue weighted by atomic mass is 19.2. The molecule has 19 heavy (non-hydrogen) atoms. The van der Waals surface area contributed by atoms with Crippen LogP contribution in [0.1, 0.15) is 32.3 Å². The molecule has 1 aromatic rings. The Morgan fingerprint density at radius 1 is 1.32 bits per heavy atom. The molecule has 1 aliphatic rings. The summed E-state index contributed by atoms with van der Waals surface area (Å²) in [6.45, 7) is 3.58. The second kappa shape index (κ2) is 4.41. The van der Waals surface area contributed by atoms with Crippen LogP contribution in [0, 0.1) is 33.8 Å². The second-order valence-electron chi connectivity index (χ2n) is 5.80. The highest BCUT2D eigenvalue weighted by Crippen LogP contribution is 2.47. The van der Waals surface area contributed by atoms with E-state index in [1.54, 1.807) is 13.8 Å². The first kappa shape index (κ1) is 13.7. The van der Waals surface area contributed by atoms with Gasteiger partial charge < -0.3 is 0 Å². The summed E-state index contributed by atoms with van der Waals surface area (Å²) < 4.78 is 26.9. The average molecular weight is 263 g/mol. The summed E-state index contributed by atoms with van der Waals surface area (Å²) in [5, 5.41) is 9.35. The van der Waals surface area contributed by atoms with Crippen LogP contribution >= 0.6 is 0 Å². The van der Waals surface area contributed by atoms with Crippen LogP contribution in [-0.4, -0.2) is 5.78 Å². The van der Waals surface area contributed by atoms with Crippen LogP contribution in [0.25, 0.3) is 0 Å². The Bertz CT molecular complexity index is 574. The maximum absolute atomic E-state index is 13.7. The number of Topliss-reactive ketones (excluding diaryl/α,β-unsaturated/α-hetero) is 1. The first-order valence-electron chi connectivity index (χ1n) is 6.21. The van der Waals surface area contributed by atoms with Crippen LogP contribution in [0.5, 0.6) is 0 Å². The third-order valence-electron chi connectivity index (χ3n) is 3.96. The Morgan fingerprint density at radius 3 is 2.53 bits per heavy atom. The molecule has 0 heterocycles. The summed E-state index contributed by atoms with van der Waals surface area (Å²) in [6.07, 6.45) is 0.928. The van der Waals surface area contributed by atoms with E-state index in [4.69, 9.17) is 0 Å². The SMILES string of the molecule is CC1(C)CCC(C#N)(Cc2cccc(F)c2F)C1=O. The van der Waals surface area contributed by atoms with Crippen molar-refractivity contribution in [3.05, 3.63) is 35.4 Å². The summed E-state index contributed by atoms with van der Waals surface area (Å²) in [6, 6.07) is 5.88. The molecule has 0 amide bonds. The van der Waals surface area contributed by atoms with Crippen molar-refractivity contribution in [2.24, 2.45) is 10.8 Å². The monoisotopic (exact) mass is 263 g/mol. The summed E-state index contributed by atoms with van der Waals surface area (Å²) in [4.78, 5) is 12.3. The maximum Gasteiger partial charge on any atom is 0.162 e. The van der Waals surface area contributed by atoms with Gasteiger partial charge in [0.1, 0.15) is 5.41 Å². The van der Waals surface area contributed by atoms with Gasteiger partial charge in [-0.1, -0.05) is 26.0 Å². The molecule has 0 spiro atoms. The van der Waals surface area contributed by atoms with Crippen molar-refractivity contribution in [1.29, 1.82) is 5.26 Å². The molecular weight excluding hydrogens is 248 g/mol. The zero-order valence-electron chi connectivity index (χ0n) is 11.0. The molecule has 1 aromatic carbocycles. The van der Waals surface area contributed by atoms with Crippen LogP contribution in [0.15, 0.2) is 18.2 Å². The molecule has 4 heteroatoms. The number of hydrogen-bond acceptors (Lipinski definition) is 2. The standard InChI is InChI=1S/C15H15F2NO/c1-14(2)6-7-15(9-18,13(14)19)8-10-4-3-5-11(16)12(10)17/h3-5H,6-8H2,1-2H3. The smallest absolute Gasteiger partial charge is 0.162 e. The number of halogens is 2. The quantitative estimate of drug-likeness (QED) is 0.820. The van der Waals surface area contributed by atoms with Gasteiger partial charge in [-0.15, -0.1) is 0 Å². The van der Waals surface area contributed by atoms with E-state index < -0.39 is 22.5 Å². The van der Waals surface area contributed by atoms with E-state index in [1.165, 1.54) is 12.1 Å². The van der Waals surface area contributed by atoms with Crippen molar-refractivity contribution in [2.45, 2.75) is 33.1 Å². The van der Waals surface area contributed by atoms with Gasteiger partial charge in [-0.2, -0.15) is 5.26 Å². The third-order valence-corrected chi connectivity index (χ3v) is 3.96. The zero-order chi connectivity index (χ0) is 14.3. The molecule has 1 unspecified atom stereocenters. The molecule has 1 fully saturated rings. The van der Waals surface area contributed by atoms with Crippen molar-refractivity contribution in [3.63, 3.8) is 0 Å². The minimum Gasteiger partial charge on any atom is -0.297 e. The Morgan fingerprint density at radius 2 is 2.00 bits per heavy atom. The van der Waals surface area contributed by atoms with Gasteiger partial charge in [0.05, 0.1) is 6.07 Å². The van der Waals surface area contributed by atoms with Crippen molar-refractivity contribution >= 4 is 5.78 Å². The fraction of sp³-hybridized carbons (Fsp3) is 0.467. The predicted octanol–water partition coefficient (Wildman–Crippen LogP) is 3.41. The molecule has 0 bridgehead atoms. The van der Waals surface area contributed by atoms with Gasteiger partial charge in [-0.3, -0.25) is 4.79 Å². The molecular formula is C15H15F2NO. The van der Waals surface area contributed by atoms with Crippen LogP contribution in [-0.2, 0) is 11.2 Å². The molecule has 1 aliphatic carbocycles. The molecule has 0 aliphatic heterocycles. The fourth-order valence-corrected chi connectivity index (χ4v) is 2.73. The number of nitrogens with zero attached hydrogens (tertiary/aromatic N) is 1. The average Bonchev–Trinajstić information content (AvgIpc) is 2.60. The first-order chi connectivity index (χ1) is 8.82. The minimum atomic E-state index is -1.22. The summed E-state index contributed by atoms with van der Waals surface area (Å²) in [5.41, 5.74) is -1.70. The lowest BCUT2D eigenvalue weighted by atomic mass is 9.77. The number of rotatable bonds is 2. The van der Waals surface area contributed by atoms with E-state index in [0.29, 0.717) is 12.8 Å². The van der Waals surface area contributed by atoms with Gasteiger partial charge in [0.25, 0.3) is 0 Å². The van der Waals surface area contributed by atoms with Crippen LogP contribution in [0.4, 0.5) is 8.78 Å². The summed E-state index contributed by atoms with van der Waals surface area (Å²) in [5.74, 6) is -2.09. The Kier molecular flexibility index (Phi) is 3.17. The Labute approximate surface area is 111 Å². The van der Waals surface area contributed by atoms with Crippen LogP contribution < -0.4 is 0 Å². The van der Waals surface area contributed by atoms with E-state index in [2.05, 4.69) is 0 Å². The number of carbonyl (C=O) groups excluding carboxylic acids is 1. The minimum absolute atomic E-state index is 0.0602. The highest BCUT2D eigenvalue weighted by molar-refractivity contribution is 5.94. The van der Waals surface area contributed by atoms with Crippen molar-refractivity contribution < 1.29 is 13.6 Å². The molecule has 100 valence electrons. The molecule has 1 saturated carbocycles. The predicted molar refractivity (Wildman–Crippen MR) is 66.1 cm³/mol. The van der Waals surface area contributed by atoms with Gasteiger partial charge in [0.2, 0.25) is 0 Å². The van der Waals surface area contributed by atoms with Gasteiger partial charge in [-0.05, 0) is 24.5 Å². The normalized spacial score (nSPS) is 25.3. The number of nitriles is 1. The summed E-state index contributed by atoms with van der Waals surface area (Å²) in [7, 11) is 0. The lowest BCUT2D eigenvalue weighted by Crippen LogP contribution is -2.33. The third kappa shape index (κ3) is 2.14. The van der Waals surface area contributed by atoms with Crippen LogP contribution in [0.3, 0.4) is 0 Å². The van der Waals surface area contributed by atoms with E-state index in [9.17, 15) is 18.8 Å². The molecule has 0 N–H and O–H groups in total. The highest BCUT2D eigenvalue weighted by Gasteiger charge is 2.52.